The highest BCUT2D eigenvalue weighted by Crippen LogP contribution is 2.68. The Morgan fingerprint density at radius 3 is 2.45 bits per heavy atom. The van der Waals surface area contributed by atoms with Gasteiger partial charge in [-0.25, -0.2) is 0 Å². The molecule has 0 aromatic carbocycles. The number of piperidine rings is 1. The van der Waals surface area contributed by atoms with Crippen LogP contribution in [0, 0.1) is 46.3 Å². The van der Waals surface area contributed by atoms with Crippen LogP contribution in [0.3, 0.4) is 0 Å². The Morgan fingerprint density at radius 2 is 1.73 bits per heavy atom. The number of carbonyl (C=O) groups excluding carboxylic acids is 1. The van der Waals surface area contributed by atoms with E-state index in [0.29, 0.717) is 48.1 Å². The van der Waals surface area contributed by atoms with Crippen molar-refractivity contribution in [3.05, 3.63) is 0 Å². The summed E-state index contributed by atoms with van der Waals surface area (Å²) in [5, 5.41) is 37.4. The molecule has 4 saturated carbocycles. The third-order valence-electron chi connectivity index (χ3n) is 13.7. The van der Waals surface area contributed by atoms with Crippen molar-refractivity contribution >= 4 is 5.91 Å². The van der Waals surface area contributed by atoms with E-state index in [1.54, 1.807) is 0 Å². The molecule has 2 saturated heterocycles. The van der Waals surface area contributed by atoms with Crippen molar-refractivity contribution in [2.75, 3.05) is 32.7 Å². The lowest BCUT2D eigenvalue weighted by atomic mass is 9.43. The van der Waals surface area contributed by atoms with Crippen LogP contribution >= 0.6 is 0 Å². The molecule has 2 aliphatic heterocycles. The van der Waals surface area contributed by atoms with E-state index in [-0.39, 0.29) is 35.1 Å². The summed E-state index contributed by atoms with van der Waals surface area (Å²) in [4.78, 5) is 17.9. The summed E-state index contributed by atoms with van der Waals surface area (Å²) in [6, 6.07) is 0. The molecule has 12 unspecified atom stereocenters. The van der Waals surface area contributed by atoms with Crippen molar-refractivity contribution in [2.24, 2.45) is 46.3 Å². The number of carbonyl (C=O) groups is 1. The Balaban J connectivity index is 1.06. The highest BCUT2D eigenvalue weighted by atomic mass is 16.3. The maximum absolute atomic E-state index is 13.2. The minimum atomic E-state index is -0.361. The molecule has 0 radical (unpaired) electrons. The summed E-state index contributed by atoms with van der Waals surface area (Å²) < 4.78 is 0. The lowest BCUT2D eigenvalue weighted by Crippen LogP contribution is -2.62. The normalized spacial score (nSPS) is 48.6. The van der Waals surface area contributed by atoms with E-state index >= 15 is 0 Å². The van der Waals surface area contributed by atoms with Crippen molar-refractivity contribution in [2.45, 2.75) is 122 Å². The van der Waals surface area contributed by atoms with Gasteiger partial charge >= 0.3 is 0 Å². The monoisotopic (exact) mass is 559 g/mol. The van der Waals surface area contributed by atoms with Crippen LogP contribution in [0.15, 0.2) is 0 Å². The van der Waals surface area contributed by atoms with E-state index < -0.39 is 0 Å². The first-order valence-corrected chi connectivity index (χ1v) is 16.9. The van der Waals surface area contributed by atoms with Crippen LogP contribution in [-0.2, 0) is 4.79 Å². The molecule has 6 aliphatic rings. The smallest absolute Gasteiger partial charge is 0.222 e. The molecule has 7 nitrogen and oxygen atoms in total. The number of amides is 1. The molecule has 0 aromatic heterocycles. The lowest BCUT2D eigenvalue weighted by Gasteiger charge is -2.63. The fraction of sp³-hybridized carbons (Fsp3) is 0.970. The second-order valence-corrected chi connectivity index (χ2v) is 15.4. The lowest BCUT2D eigenvalue weighted by molar-refractivity contribution is -0.207. The second kappa shape index (κ2) is 11.4. The molecule has 7 heteroatoms. The fourth-order valence-corrected chi connectivity index (χ4v) is 11.3. The van der Waals surface area contributed by atoms with Gasteiger partial charge in [-0.1, -0.05) is 20.8 Å². The number of rotatable bonds is 5. The highest BCUT2D eigenvalue weighted by Gasteiger charge is 2.65. The standard InChI is InChI=1S/C33H57N3O4/c1-21(7-10-30(40)36-16-14-35(15-17-36)29-6-4-5-13-34-29)24-8-9-25-31-26(20-28(39)33(24,25)3)32(2)12-11-23(37)18-22(32)19-27(31)38/h21-29,31,34,37-39H,4-20H2,1-3H3. The summed E-state index contributed by atoms with van der Waals surface area (Å²) in [6.45, 7) is 11.8. The summed E-state index contributed by atoms with van der Waals surface area (Å²) in [5.41, 5.74) is -0.0841. The van der Waals surface area contributed by atoms with Gasteiger partial charge < -0.3 is 25.5 Å². The topological polar surface area (TPSA) is 96.3 Å². The van der Waals surface area contributed by atoms with Crippen molar-refractivity contribution in [1.29, 1.82) is 0 Å². The van der Waals surface area contributed by atoms with E-state index in [9.17, 15) is 20.1 Å². The fourth-order valence-electron chi connectivity index (χ4n) is 11.3. The number of hydrogen-bond acceptors (Lipinski definition) is 6. The van der Waals surface area contributed by atoms with Crippen LogP contribution in [0.2, 0.25) is 0 Å². The van der Waals surface area contributed by atoms with E-state index in [0.717, 1.165) is 84.1 Å². The number of aliphatic hydroxyl groups excluding tert-OH is 3. The Kier molecular flexibility index (Phi) is 8.37. The summed E-state index contributed by atoms with van der Waals surface area (Å²) in [7, 11) is 0. The molecule has 228 valence electrons. The molecule has 4 aliphatic carbocycles. The van der Waals surface area contributed by atoms with Crippen molar-refractivity contribution < 1.29 is 20.1 Å². The van der Waals surface area contributed by atoms with Crippen LogP contribution in [0.1, 0.15) is 97.8 Å². The van der Waals surface area contributed by atoms with Gasteiger partial charge in [0.05, 0.1) is 24.5 Å². The van der Waals surface area contributed by atoms with Gasteiger partial charge in [-0.3, -0.25) is 9.69 Å². The quantitative estimate of drug-likeness (QED) is 0.411. The van der Waals surface area contributed by atoms with Gasteiger partial charge in [0.25, 0.3) is 0 Å². The Bertz CT molecular complexity index is 904. The zero-order chi connectivity index (χ0) is 28.2. The molecule has 2 heterocycles. The molecular formula is C33H57N3O4. The van der Waals surface area contributed by atoms with E-state index in [2.05, 4.69) is 35.9 Å². The summed E-state index contributed by atoms with van der Waals surface area (Å²) in [6.07, 6.45) is 11.3. The van der Waals surface area contributed by atoms with Gasteiger partial charge in [0, 0.05) is 32.6 Å². The molecule has 0 aromatic rings. The van der Waals surface area contributed by atoms with E-state index in [4.69, 9.17) is 0 Å². The minimum absolute atomic E-state index is 0.110. The molecule has 1 amide bonds. The first-order chi connectivity index (χ1) is 19.1. The van der Waals surface area contributed by atoms with Crippen LogP contribution in [0.25, 0.3) is 0 Å². The average molecular weight is 560 g/mol. The molecule has 0 bridgehead atoms. The van der Waals surface area contributed by atoms with Gasteiger partial charge in [-0.05, 0) is 124 Å². The van der Waals surface area contributed by atoms with Gasteiger partial charge in [-0.2, -0.15) is 0 Å². The van der Waals surface area contributed by atoms with E-state index in [1.165, 1.54) is 19.3 Å². The number of hydrogen-bond donors (Lipinski definition) is 4. The first-order valence-electron chi connectivity index (χ1n) is 16.9. The van der Waals surface area contributed by atoms with Crippen molar-refractivity contribution in [3.8, 4) is 0 Å². The van der Waals surface area contributed by atoms with Crippen LogP contribution in [0.4, 0.5) is 0 Å². The number of nitrogens with zero attached hydrogens (tertiary/aromatic N) is 2. The van der Waals surface area contributed by atoms with Gasteiger partial charge in [-0.15, -0.1) is 0 Å². The van der Waals surface area contributed by atoms with E-state index in [1.807, 2.05) is 0 Å². The maximum atomic E-state index is 13.2. The van der Waals surface area contributed by atoms with Crippen molar-refractivity contribution in [3.63, 3.8) is 0 Å². The minimum Gasteiger partial charge on any atom is -0.393 e. The molecule has 6 fully saturated rings. The first kappa shape index (κ1) is 29.3. The predicted molar refractivity (Wildman–Crippen MR) is 156 cm³/mol. The van der Waals surface area contributed by atoms with Crippen molar-refractivity contribution in [1.82, 2.24) is 15.1 Å². The Hall–Kier alpha value is -0.730. The molecule has 4 N–H and O–H groups in total. The SMILES string of the molecule is CC(CCC(=O)N1CCN(C2CCCCN2)CC1)C1CCC2C3C(O)CC4CC(O)CCC4(C)C3CC(O)C12C. The third kappa shape index (κ3) is 4.98. The highest BCUT2D eigenvalue weighted by molar-refractivity contribution is 5.76. The molecular weight excluding hydrogens is 502 g/mol. The van der Waals surface area contributed by atoms with Gasteiger partial charge in [0.2, 0.25) is 5.91 Å². The van der Waals surface area contributed by atoms with Gasteiger partial charge in [0.1, 0.15) is 0 Å². The second-order valence-electron chi connectivity index (χ2n) is 15.4. The largest absolute Gasteiger partial charge is 0.393 e. The Labute approximate surface area is 242 Å². The molecule has 0 spiro atoms. The predicted octanol–water partition coefficient (Wildman–Crippen LogP) is 3.61. The zero-order valence-corrected chi connectivity index (χ0v) is 25.4. The number of aliphatic hydroxyl groups is 3. The molecule has 40 heavy (non-hydrogen) atoms. The maximum Gasteiger partial charge on any atom is 0.222 e. The summed E-state index contributed by atoms with van der Waals surface area (Å²) >= 11 is 0. The number of nitrogens with one attached hydrogen (secondary N) is 1. The van der Waals surface area contributed by atoms with Crippen LogP contribution in [0.5, 0.6) is 0 Å². The zero-order valence-electron chi connectivity index (χ0n) is 25.4. The summed E-state index contributed by atoms with van der Waals surface area (Å²) in [5.74, 6) is 2.34. The molecule has 6 rings (SSSR count). The van der Waals surface area contributed by atoms with Crippen LogP contribution < -0.4 is 5.32 Å². The van der Waals surface area contributed by atoms with Gasteiger partial charge in [0.15, 0.2) is 0 Å². The number of piperazine rings is 1. The molecule has 12 atom stereocenters. The Morgan fingerprint density at radius 1 is 0.950 bits per heavy atom. The van der Waals surface area contributed by atoms with Crippen LogP contribution in [-0.4, -0.2) is 88.2 Å². The number of fused-ring (bicyclic) bond motifs is 5. The third-order valence-corrected chi connectivity index (χ3v) is 13.7. The average Bonchev–Trinajstić information content (AvgIpc) is 3.32.